The maximum Gasteiger partial charge on any atom is 0.573 e. The second-order valence-electron chi connectivity index (χ2n) is 3.54. The summed E-state index contributed by atoms with van der Waals surface area (Å²) in [6.07, 6.45) is -4.78. The van der Waals surface area contributed by atoms with Gasteiger partial charge in [0.1, 0.15) is 6.07 Å². The lowest BCUT2D eigenvalue weighted by atomic mass is 9.99. The van der Waals surface area contributed by atoms with E-state index in [9.17, 15) is 13.2 Å². The lowest BCUT2D eigenvalue weighted by molar-refractivity contribution is -0.275. The predicted octanol–water partition coefficient (Wildman–Crippen LogP) is 3.58. The molecule has 0 aromatic heterocycles. The van der Waals surface area contributed by atoms with Crippen LogP contribution in [0.1, 0.15) is 30.9 Å². The molecule has 0 radical (unpaired) electrons. The van der Waals surface area contributed by atoms with Gasteiger partial charge in [-0.25, -0.2) is 0 Å². The van der Waals surface area contributed by atoms with Gasteiger partial charge in [-0.15, -0.1) is 13.2 Å². The molecule has 0 saturated carbocycles. The van der Waals surface area contributed by atoms with Crippen LogP contribution in [0.3, 0.4) is 0 Å². The Labute approximate surface area is 91.3 Å². The van der Waals surface area contributed by atoms with Gasteiger partial charge in [0, 0.05) is 0 Å². The number of nitriles is 1. The molecular formula is C11H10F3NO. The molecule has 0 spiro atoms. The van der Waals surface area contributed by atoms with E-state index >= 15 is 0 Å². The third-order valence-electron chi connectivity index (χ3n) is 2.01. The van der Waals surface area contributed by atoms with E-state index in [2.05, 4.69) is 4.74 Å². The number of ether oxygens (including phenoxy) is 1. The van der Waals surface area contributed by atoms with Gasteiger partial charge in [0.25, 0.3) is 0 Å². The summed E-state index contributed by atoms with van der Waals surface area (Å²) in [5.41, 5.74) is 0.264. The summed E-state index contributed by atoms with van der Waals surface area (Å²) >= 11 is 0. The Morgan fingerprint density at radius 1 is 1.31 bits per heavy atom. The number of rotatable bonds is 2. The van der Waals surface area contributed by atoms with Crippen LogP contribution in [0.5, 0.6) is 5.75 Å². The largest absolute Gasteiger partial charge is 0.573 e. The van der Waals surface area contributed by atoms with E-state index in [1.54, 1.807) is 19.9 Å². The fraction of sp³-hybridized carbons (Fsp3) is 0.364. The molecule has 0 fully saturated rings. The van der Waals surface area contributed by atoms with Gasteiger partial charge in [-0.05, 0) is 17.5 Å². The molecule has 0 atom stereocenters. The second-order valence-corrected chi connectivity index (χ2v) is 3.54. The predicted molar refractivity (Wildman–Crippen MR) is 51.9 cm³/mol. The fourth-order valence-electron chi connectivity index (χ4n) is 1.33. The molecule has 2 nitrogen and oxygen atoms in total. The molecule has 86 valence electrons. The Morgan fingerprint density at radius 3 is 2.38 bits per heavy atom. The molecule has 0 amide bonds. The molecule has 1 rings (SSSR count). The molecule has 1 aromatic carbocycles. The van der Waals surface area contributed by atoms with Crippen LogP contribution < -0.4 is 4.74 Å². The average Bonchev–Trinajstić information content (AvgIpc) is 2.15. The van der Waals surface area contributed by atoms with Crippen molar-refractivity contribution in [3.63, 3.8) is 0 Å². The van der Waals surface area contributed by atoms with E-state index in [1.807, 2.05) is 0 Å². The monoisotopic (exact) mass is 229 g/mol. The Balaban J connectivity index is 3.27. The molecule has 0 aliphatic rings. The first-order chi connectivity index (χ1) is 7.35. The zero-order valence-electron chi connectivity index (χ0n) is 8.80. The lowest BCUT2D eigenvalue weighted by Gasteiger charge is -2.16. The van der Waals surface area contributed by atoms with Crippen molar-refractivity contribution < 1.29 is 17.9 Å². The van der Waals surface area contributed by atoms with Crippen molar-refractivity contribution in [3.8, 4) is 11.8 Å². The highest BCUT2D eigenvalue weighted by Crippen LogP contribution is 2.33. The number of nitrogens with zero attached hydrogens (tertiary/aromatic N) is 1. The van der Waals surface area contributed by atoms with Crippen molar-refractivity contribution in [1.29, 1.82) is 5.26 Å². The summed E-state index contributed by atoms with van der Waals surface area (Å²) < 4.78 is 40.4. The normalized spacial score (nSPS) is 11.3. The van der Waals surface area contributed by atoms with Gasteiger partial charge < -0.3 is 4.74 Å². The Hall–Kier alpha value is -1.70. The second kappa shape index (κ2) is 4.44. The molecule has 16 heavy (non-hydrogen) atoms. The van der Waals surface area contributed by atoms with Gasteiger partial charge in [0.15, 0.2) is 5.75 Å². The standard InChI is InChI=1S/C11H10F3NO/c1-7(2)9-5-3-4-8(6-15)10(9)16-11(12,13)14/h3-5,7H,1-2H3. The first kappa shape index (κ1) is 12.4. The van der Waals surface area contributed by atoms with E-state index in [0.717, 1.165) is 0 Å². The number of halogens is 3. The molecule has 0 aliphatic heterocycles. The molecule has 1 aromatic rings. The summed E-state index contributed by atoms with van der Waals surface area (Å²) in [6.45, 7) is 3.47. The summed E-state index contributed by atoms with van der Waals surface area (Å²) in [5, 5.41) is 8.72. The summed E-state index contributed by atoms with van der Waals surface area (Å²) in [6, 6.07) is 6.05. The van der Waals surface area contributed by atoms with E-state index in [1.165, 1.54) is 18.2 Å². The number of hydrogen-bond acceptors (Lipinski definition) is 2. The first-order valence-corrected chi connectivity index (χ1v) is 4.64. The molecule has 0 heterocycles. The average molecular weight is 229 g/mol. The minimum Gasteiger partial charge on any atom is -0.404 e. The lowest BCUT2D eigenvalue weighted by Crippen LogP contribution is -2.19. The maximum absolute atomic E-state index is 12.2. The van der Waals surface area contributed by atoms with Crippen LogP contribution in [0.25, 0.3) is 0 Å². The van der Waals surface area contributed by atoms with Crippen LogP contribution in [0.4, 0.5) is 13.2 Å². The summed E-state index contributed by atoms with van der Waals surface area (Å²) in [7, 11) is 0. The molecule has 5 heteroatoms. The van der Waals surface area contributed by atoms with Crippen molar-refractivity contribution >= 4 is 0 Å². The van der Waals surface area contributed by atoms with Gasteiger partial charge in [0.2, 0.25) is 0 Å². The van der Waals surface area contributed by atoms with Crippen LogP contribution in [-0.4, -0.2) is 6.36 Å². The molecule has 0 bridgehead atoms. The van der Waals surface area contributed by atoms with Crippen LogP contribution in [0, 0.1) is 11.3 Å². The fourth-order valence-corrected chi connectivity index (χ4v) is 1.33. The molecule has 0 aliphatic carbocycles. The third kappa shape index (κ3) is 2.89. The highest BCUT2D eigenvalue weighted by atomic mass is 19.4. The van der Waals surface area contributed by atoms with Crippen molar-refractivity contribution in [2.24, 2.45) is 0 Å². The third-order valence-corrected chi connectivity index (χ3v) is 2.01. The van der Waals surface area contributed by atoms with Crippen molar-refractivity contribution in [2.75, 3.05) is 0 Å². The van der Waals surface area contributed by atoms with Gasteiger partial charge in [-0.1, -0.05) is 26.0 Å². The minimum atomic E-state index is -4.78. The van der Waals surface area contributed by atoms with Crippen molar-refractivity contribution in [1.82, 2.24) is 0 Å². The molecular weight excluding hydrogens is 219 g/mol. The Bertz CT molecular complexity index is 418. The quantitative estimate of drug-likeness (QED) is 0.776. The van der Waals surface area contributed by atoms with Crippen LogP contribution in [-0.2, 0) is 0 Å². The van der Waals surface area contributed by atoms with Crippen LogP contribution >= 0.6 is 0 Å². The molecule has 0 N–H and O–H groups in total. The summed E-state index contributed by atoms with van der Waals surface area (Å²) in [4.78, 5) is 0. The van der Waals surface area contributed by atoms with Gasteiger partial charge in [0.05, 0.1) is 5.56 Å². The SMILES string of the molecule is CC(C)c1cccc(C#N)c1OC(F)(F)F. The number of alkyl halides is 3. The topological polar surface area (TPSA) is 33.0 Å². The highest BCUT2D eigenvalue weighted by Gasteiger charge is 2.33. The highest BCUT2D eigenvalue weighted by molar-refractivity contribution is 5.49. The number of para-hydroxylation sites is 1. The Kier molecular flexibility index (Phi) is 3.43. The van der Waals surface area contributed by atoms with E-state index in [4.69, 9.17) is 5.26 Å². The van der Waals surface area contributed by atoms with Crippen molar-refractivity contribution in [3.05, 3.63) is 29.3 Å². The number of hydrogen-bond donors (Lipinski definition) is 0. The molecule has 0 unspecified atom stereocenters. The summed E-state index contributed by atoms with van der Waals surface area (Å²) in [5.74, 6) is -0.543. The smallest absolute Gasteiger partial charge is 0.404 e. The van der Waals surface area contributed by atoms with Gasteiger partial charge >= 0.3 is 6.36 Å². The van der Waals surface area contributed by atoms with Crippen molar-refractivity contribution in [2.45, 2.75) is 26.1 Å². The number of benzene rings is 1. The zero-order chi connectivity index (χ0) is 12.3. The van der Waals surface area contributed by atoms with E-state index in [0.29, 0.717) is 5.56 Å². The van der Waals surface area contributed by atoms with E-state index in [-0.39, 0.29) is 11.5 Å². The minimum absolute atomic E-state index is 0.108. The molecule has 0 saturated heterocycles. The van der Waals surface area contributed by atoms with Gasteiger partial charge in [-0.3, -0.25) is 0 Å². The maximum atomic E-state index is 12.2. The van der Waals surface area contributed by atoms with Gasteiger partial charge in [-0.2, -0.15) is 5.26 Å². The first-order valence-electron chi connectivity index (χ1n) is 4.64. The zero-order valence-corrected chi connectivity index (χ0v) is 8.80. The van der Waals surface area contributed by atoms with E-state index < -0.39 is 12.1 Å². The Morgan fingerprint density at radius 2 is 1.94 bits per heavy atom. The van der Waals surface area contributed by atoms with Crippen LogP contribution in [0.2, 0.25) is 0 Å². The van der Waals surface area contributed by atoms with Crippen LogP contribution in [0.15, 0.2) is 18.2 Å².